The zero-order valence-corrected chi connectivity index (χ0v) is 14.8. The van der Waals surface area contributed by atoms with Crippen LogP contribution < -0.4 is 4.90 Å². The second-order valence-electron chi connectivity index (χ2n) is 7.11. The van der Waals surface area contributed by atoms with Gasteiger partial charge in [0.2, 0.25) is 0 Å². The Morgan fingerprint density at radius 1 is 1.15 bits per heavy atom. The summed E-state index contributed by atoms with van der Waals surface area (Å²) in [7, 11) is 0. The summed E-state index contributed by atoms with van der Waals surface area (Å²) in [5.41, 5.74) is 0.0252. The molecule has 4 rings (SSSR count). The van der Waals surface area contributed by atoms with Crippen LogP contribution in [0.5, 0.6) is 0 Å². The largest absolute Gasteiger partial charge is 0.376 e. The van der Waals surface area contributed by atoms with E-state index < -0.39 is 5.60 Å². The summed E-state index contributed by atoms with van der Waals surface area (Å²) >= 11 is 0. The Labute approximate surface area is 152 Å². The molecule has 1 atom stereocenters. The highest BCUT2D eigenvalue weighted by Crippen LogP contribution is 2.27. The molecule has 0 radical (unpaired) electrons. The van der Waals surface area contributed by atoms with E-state index in [4.69, 9.17) is 9.47 Å². The Morgan fingerprint density at radius 2 is 2.00 bits per heavy atom. The van der Waals surface area contributed by atoms with Crippen LogP contribution in [0.3, 0.4) is 0 Å². The van der Waals surface area contributed by atoms with Crippen molar-refractivity contribution in [3.05, 3.63) is 24.5 Å². The number of morpholine rings is 1. The van der Waals surface area contributed by atoms with E-state index in [0.717, 1.165) is 31.6 Å². The van der Waals surface area contributed by atoms with Crippen molar-refractivity contribution in [2.75, 3.05) is 57.4 Å². The molecule has 0 unspecified atom stereocenters. The smallest absolute Gasteiger partial charge is 0.320 e. The summed E-state index contributed by atoms with van der Waals surface area (Å²) in [5, 5.41) is 0. The van der Waals surface area contributed by atoms with Gasteiger partial charge in [-0.25, -0.2) is 4.79 Å². The molecule has 3 fully saturated rings. The van der Waals surface area contributed by atoms with Crippen molar-refractivity contribution >= 4 is 17.6 Å². The molecular weight excluding hydrogens is 336 g/mol. The van der Waals surface area contributed by atoms with E-state index in [1.165, 1.54) is 0 Å². The fourth-order valence-corrected chi connectivity index (χ4v) is 3.82. The van der Waals surface area contributed by atoms with Crippen molar-refractivity contribution < 1.29 is 19.1 Å². The van der Waals surface area contributed by atoms with E-state index in [0.29, 0.717) is 32.8 Å². The molecule has 0 aliphatic carbocycles. The molecule has 140 valence electrons. The van der Waals surface area contributed by atoms with Gasteiger partial charge in [0.1, 0.15) is 12.2 Å². The predicted molar refractivity (Wildman–Crippen MR) is 93.9 cm³/mol. The Bertz CT molecular complexity index is 664. The zero-order valence-electron chi connectivity index (χ0n) is 14.8. The lowest BCUT2D eigenvalue weighted by Gasteiger charge is -2.43. The third kappa shape index (κ3) is 3.39. The molecule has 1 aromatic rings. The van der Waals surface area contributed by atoms with Crippen LogP contribution in [0.2, 0.25) is 0 Å². The molecule has 8 heteroatoms. The van der Waals surface area contributed by atoms with Crippen LogP contribution in [0, 0.1) is 0 Å². The number of likely N-dealkylation sites (tertiary alicyclic amines) is 1. The molecule has 4 heterocycles. The highest BCUT2D eigenvalue weighted by molar-refractivity contribution is 5.95. The molecule has 3 amide bonds. The fourth-order valence-electron chi connectivity index (χ4n) is 3.82. The van der Waals surface area contributed by atoms with Crippen LogP contribution in [0.15, 0.2) is 24.5 Å². The van der Waals surface area contributed by atoms with E-state index in [1.54, 1.807) is 23.4 Å². The molecule has 3 aliphatic rings. The van der Waals surface area contributed by atoms with Gasteiger partial charge in [-0.15, -0.1) is 0 Å². The summed E-state index contributed by atoms with van der Waals surface area (Å²) in [4.78, 5) is 34.7. The Balaban J connectivity index is 1.53. The van der Waals surface area contributed by atoms with Crippen LogP contribution in [0.4, 0.5) is 10.5 Å². The van der Waals surface area contributed by atoms with Crippen LogP contribution in [0.25, 0.3) is 0 Å². The summed E-state index contributed by atoms with van der Waals surface area (Å²) < 4.78 is 11.7. The maximum atomic E-state index is 12.8. The SMILES string of the molecule is O=C(N1CCCC1)N1CCOC[C@@]2(C1)CN(c1cccnc1)C(=O)CO2. The molecule has 0 aromatic carbocycles. The van der Waals surface area contributed by atoms with Crippen molar-refractivity contribution in [2.24, 2.45) is 0 Å². The first kappa shape index (κ1) is 17.2. The number of nitrogens with zero attached hydrogens (tertiary/aromatic N) is 4. The maximum absolute atomic E-state index is 12.8. The molecule has 1 aromatic heterocycles. The topological polar surface area (TPSA) is 75.2 Å². The lowest BCUT2D eigenvalue weighted by atomic mass is 10.0. The van der Waals surface area contributed by atoms with Crippen LogP contribution in [0.1, 0.15) is 12.8 Å². The third-order valence-corrected chi connectivity index (χ3v) is 5.20. The second kappa shape index (κ2) is 7.20. The van der Waals surface area contributed by atoms with Gasteiger partial charge in [0, 0.05) is 25.8 Å². The van der Waals surface area contributed by atoms with Crippen LogP contribution in [-0.2, 0) is 14.3 Å². The highest BCUT2D eigenvalue weighted by Gasteiger charge is 2.45. The number of amides is 3. The minimum Gasteiger partial charge on any atom is -0.376 e. The summed E-state index contributed by atoms with van der Waals surface area (Å²) in [6.45, 7) is 3.75. The van der Waals surface area contributed by atoms with Crippen molar-refractivity contribution in [1.82, 2.24) is 14.8 Å². The molecule has 26 heavy (non-hydrogen) atoms. The normalized spacial score (nSPS) is 27.1. The molecule has 0 saturated carbocycles. The van der Waals surface area contributed by atoms with Gasteiger partial charge in [0.05, 0.1) is 38.2 Å². The molecular formula is C18H24N4O4. The van der Waals surface area contributed by atoms with Crippen molar-refractivity contribution in [2.45, 2.75) is 18.4 Å². The summed E-state index contributed by atoms with van der Waals surface area (Å²) in [6, 6.07) is 3.70. The van der Waals surface area contributed by atoms with Crippen LogP contribution >= 0.6 is 0 Å². The first-order chi connectivity index (χ1) is 12.7. The number of hydrogen-bond acceptors (Lipinski definition) is 5. The first-order valence-corrected chi connectivity index (χ1v) is 9.13. The minimum absolute atomic E-state index is 0.0238. The van der Waals surface area contributed by atoms with Gasteiger partial charge in [-0.05, 0) is 25.0 Å². The zero-order chi connectivity index (χ0) is 18.0. The van der Waals surface area contributed by atoms with Gasteiger partial charge in [-0.2, -0.15) is 0 Å². The van der Waals surface area contributed by atoms with Crippen molar-refractivity contribution in [3.8, 4) is 0 Å². The van der Waals surface area contributed by atoms with Crippen molar-refractivity contribution in [1.29, 1.82) is 0 Å². The predicted octanol–water partition coefficient (Wildman–Crippen LogP) is 0.732. The monoisotopic (exact) mass is 360 g/mol. The average molecular weight is 360 g/mol. The van der Waals surface area contributed by atoms with E-state index in [9.17, 15) is 9.59 Å². The quantitative estimate of drug-likeness (QED) is 0.738. The number of hydrogen-bond donors (Lipinski definition) is 0. The number of ether oxygens (including phenoxy) is 2. The number of pyridine rings is 1. The number of aromatic nitrogens is 1. The highest BCUT2D eigenvalue weighted by atomic mass is 16.6. The lowest BCUT2D eigenvalue weighted by Crippen LogP contribution is -2.62. The van der Waals surface area contributed by atoms with Gasteiger partial charge in [-0.1, -0.05) is 0 Å². The van der Waals surface area contributed by atoms with Gasteiger partial charge in [0.15, 0.2) is 0 Å². The third-order valence-electron chi connectivity index (χ3n) is 5.20. The number of carbonyl (C=O) groups is 2. The Hall–Kier alpha value is -2.19. The standard InChI is InChI=1S/C18H24N4O4/c23-16-11-26-18(13-22(16)15-4-3-5-19-10-15)12-21(8-9-25-14-18)17(24)20-6-1-2-7-20/h3-5,10H,1-2,6-9,11-14H2/t18-/m1/s1. The maximum Gasteiger partial charge on any atom is 0.320 e. The molecule has 3 saturated heterocycles. The number of anilines is 1. The molecule has 0 N–H and O–H groups in total. The summed E-state index contributed by atoms with van der Waals surface area (Å²) in [5.74, 6) is -0.106. The summed E-state index contributed by atoms with van der Waals surface area (Å²) in [6.07, 6.45) is 5.46. The van der Waals surface area contributed by atoms with Gasteiger partial charge < -0.3 is 24.2 Å². The average Bonchev–Trinajstić information content (AvgIpc) is 3.13. The first-order valence-electron chi connectivity index (χ1n) is 9.13. The number of urea groups is 1. The Kier molecular flexibility index (Phi) is 4.78. The number of carbonyl (C=O) groups excluding carboxylic acids is 2. The molecule has 3 aliphatic heterocycles. The minimum atomic E-state index is -0.713. The van der Waals surface area contributed by atoms with Crippen molar-refractivity contribution in [3.63, 3.8) is 0 Å². The lowest BCUT2D eigenvalue weighted by molar-refractivity contribution is -0.145. The second-order valence-corrected chi connectivity index (χ2v) is 7.11. The van der Waals surface area contributed by atoms with Crippen LogP contribution in [-0.4, -0.2) is 84.9 Å². The number of rotatable bonds is 1. The Morgan fingerprint density at radius 3 is 2.77 bits per heavy atom. The van der Waals surface area contributed by atoms with Gasteiger partial charge >= 0.3 is 6.03 Å². The van der Waals surface area contributed by atoms with E-state index in [-0.39, 0.29) is 18.5 Å². The van der Waals surface area contributed by atoms with Gasteiger partial charge in [0.25, 0.3) is 5.91 Å². The van der Waals surface area contributed by atoms with Gasteiger partial charge in [-0.3, -0.25) is 9.78 Å². The van der Waals surface area contributed by atoms with E-state index in [2.05, 4.69) is 4.98 Å². The molecule has 1 spiro atoms. The molecule has 0 bridgehead atoms. The molecule has 8 nitrogen and oxygen atoms in total. The van der Waals surface area contributed by atoms with E-state index >= 15 is 0 Å². The van der Waals surface area contributed by atoms with E-state index in [1.807, 2.05) is 15.9 Å². The fraction of sp³-hybridized carbons (Fsp3) is 0.611.